The summed E-state index contributed by atoms with van der Waals surface area (Å²) in [4.78, 5) is 14.1. The molecule has 2 aliphatic heterocycles. The zero-order chi connectivity index (χ0) is 10.7. The number of ether oxygens (including phenoxy) is 1. The van der Waals surface area contributed by atoms with Gasteiger partial charge in [0.25, 0.3) is 0 Å². The minimum atomic E-state index is -0.193. The highest BCUT2D eigenvalue weighted by Crippen LogP contribution is 2.46. The van der Waals surface area contributed by atoms with Crippen molar-refractivity contribution in [1.82, 2.24) is 0 Å². The van der Waals surface area contributed by atoms with Crippen LogP contribution in [0.5, 0.6) is 0 Å². The summed E-state index contributed by atoms with van der Waals surface area (Å²) in [5.41, 5.74) is 8.25. The molecule has 1 unspecified atom stereocenters. The number of nitrogens with zero attached hydrogens (tertiary/aromatic N) is 3. The van der Waals surface area contributed by atoms with Crippen molar-refractivity contribution in [3.8, 4) is 0 Å². The van der Waals surface area contributed by atoms with E-state index in [1.54, 1.807) is 0 Å². The van der Waals surface area contributed by atoms with Gasteiger partial charge in [-0.25, -0.2) is 0 Å². The maximum absolute atomic E-state index is 11.3. The number of hydrogen-bond acceptors (Lipinski definition) is 4. The third-order valence-corrected chi connectivity index (χ3v) is 4.24. The van der Waals surface area contributed by atoms with Crippen LogP contribution in [0.25, 0.3) is 10.4 Å². The van der Waals surface area contributed by atoms with E-state index in [0.29, 0.717) is 6.42 Å². The minimum absolute atomic E-state index is 0.0451. The summed E-state index contributed by atoms with van der Waals surface area (Å²) in [6.45, 7) is 0.285. The average Bonchev–Trinajstić information content (AvgIpc) is 2.53. The Kier molecular flexibility index (Phi) is 3.07. The molecule has 2 fully saturated rings. The normalized spacial score (nSPS) is 28.5. The van der Waals surface area contributed by atoms with Crippen LogP contribution in [-0.2, 0) is 9.53 Å². The van der Waals surface area contributed by atoms with Gasteiger partial charge in [0.05, 0.1) is 13.0 Å². The summed E-state index contributed by atoms with van der Waals surface area (Å²) < 4.78 is 5.24. The van der Waals surface area contributed by atoms with Crippen LogP contribution in [0.15, 0.2) is 5.11 Å². The van der Waals surface area contributed by atoms with Crippen molar-refractivity contribution in [3.63, 3.8) is 0 Å². The Morgan fingerprint density at radius 3 is 3.00 bits per heavy atom. The van der Waals surface area contributed by atoms with Crippen LogP contribution in [0, 0.1) is 5.41 Å². The zero-order valence-corrected chi connectivity index (χ0v) is 9.20. The van der Waals surface area contributed by atoms with Gasteiger partial charge in [-0.1, -0.05) is 5.11 Å². The number of carbonyl (C=O) groups is 1. The molecule has 0 radical (unpaired) electrons. The molecule has 15 heavy (non-hydrogen) atoms. The van der Waals surface area contributed by atoms with Gasteiger partial charge in [0, 0.05) is 10.3 Å². The first-order valence-electron chi connectivity index (χ1n) is 5.05. The quantitative estimate of drug-likeness (QED) is 0.314. The lowest BCUT2D eigenvalue weighted by atomic mass is 9.76. The van der Waals surface area contributed by atoms with Crippen molar-refractivity contribution in [2.45, 2.75) is 25.4 Å². The molecule has 2 aliphatic rings. The Hall–Kier alpha value is -0.870. The fourth-order valence-corrected chi connectivity index (χ4v) is 3.65. The number of cyclic esters (lactones) is 1. The van der Waals surface area contributed by atoms with Crippen molar-refractivity contribution in [2.75, 3.05) is 18.1 Å². The predicted molar refractivity (Wildman–Crippen MR) is 57.5 cm³/mol. The standard InChI is InChI=1S/C9H13N3O2S/c10-12-11-6-7-9(5-8(13)14-7)1-3-15-4-2-9/h7H,1-6H2. The van der Waals surface area contributed by atoms with Crippen molar-refractivity contribution in [2.24, 2.45) is 10.5 Å². The Bertz CT molecular complexity index is 308. The first-order valence-corrected chi connectivity index (χ1v) is 6.20. The fraction of sp³-hybridized carbons (Fsp3) is 0.889. The van der Waals surface area contributed by atoms with Gasteiger partial charge in [0.15, 0.2) is 0 Å². The van der Waals surface area contributed by atoms with E-state index in [1.807, 2.05) is 11.8 Å². The predicted octanol–water partition coefficient (Wildman–Crippen LogP) is 2.13. The van der Waals surface area contributed by atoms with Crippen molar-refractivity contribution in [1.29, 1.82) is 0 Å². The number of hydrogen-bond donors (Lipinski definition) is 0. The first-order chi connectivity index (χ1) is 7.27. The third kappa shape index (κ3) is 2.06. The minimum Gasteiger partial charge on any atom is -0.462 e. The summed E-state index contributed by atoms with van der Waals surface area (Å²) in [5, 5.41) is 3.53. The van der Waals surface area contributed by atoms with E-state index in [0.717, 1.165) is 24.3 Å². The lowest BCUT2D eigenvalue weighted by Crippen LogP contribution is -2.36. The maximum atomic E-state index is 11.3. The largest absolute Gasteiger partial charge is 0.462 e. The lowest BCUT2D eigenvalue weighted by Gasteiger charge is -2.35. The molecule has 2 saturated heterocycles. The Morgan fingerprint density at radius 2 is 2.33 bits per heavy atom. The summed E-state index contributed by atoms with van der Waals surface area (Å²) in [6.07, 6.45) is 2.30. The topological polar surface area (TPSA) is 75.1 Å². The second kappa shape index (κ2) is 4.33. The molecule has 6 heteroatoms. The smallest absolute Gasteiger partial charge is 0.306 e. The molecule has 0 bridgehead atoms. The SMILES string of the molecule is [N-]=[N+]=NCC1OC(=O)CC12CCSCC2. The third-order valence-electron chi connectivity index (χ3n) is 3.25. The van der Waals surface area contributed by atoms with Gasteiger partial charge in [-0.15, -0.1) is 0 Å². The fourth-order valence-electron chi connectivity index (χ4n) is 2.34. The second-order valence-corrected chi connectivity index (χ2v) is 5.27. The van der Waals surface area contributed by atoms with Gasteiger partial charge in [-0.2, -0.15) is 11.8 Å². The molecule has 0 saturated carbocycles. The number of azide groups is 1. The van der Waals surface area contributed by atoms with Crippen molar-refractivity contribution in [3.05, 3.63) is 10.4 Å². The summed E-state index contributed by atoms with van der Waals surface area (Å²) in [7, 11) is 0. The molecule has 0 aromatic rings. The average molecular weight is 227 g/mol. The number of rotatable bonds is 2. The van der Waals surface area contributed by atoms with Gasteiger partial charge in [0.2, 0.25) is 0 Å². The van der Waals surface area contributed by atoms with Crippen LogP contribution >= 0.6 is 11.8 Å². The number of thioether (sulfide) groups is 1. The molecule has 0 aliphatic carbocycles. The Morgan fingerprint density at radius 1 is 1.60 bits per heavy atom. The van der Waals surface area contributed by atoms with Gasteiger partial charge in [-0.05, 0) is 29.9 Å². The van der Waals surface area contributed by atoms with Gasteiger partial charge in [0.1, 0.15) is 6.10 Å². The van der Waals surface area contributed by atoms with Crippen LogP contribution in [0.1, 0.15) is 19.3 Å². The molecule has 82 valence electrons. The Labute approximate surface area is 92.2 Å². The van der Waals surface area contributed by atoms with E-state index in [-0.39, 0.29) is 24.0 Å². The molecule has 0 aromatic carbocycles. The van der Waals surface area contributed by atoms with Crippen molar-refractivity contribution >= 4 is 17.7 Å². The van der Waals surface area contributed by atoms with Gasteiger partial charge in [-0.3, -0.25) is 4.79 Å². The van der Waals surface area contributed by atoms with E-state index in [9.17, 15) is 4.79 Å². The van der Waals surface area contributed by atoms with Gasteiger partial charge >= 0.3 is 5.97 Å². The highest BCUT2D eigenvalue weighted by Gasteiger charge is 2.48. The maximum Gasteiger partial charge on any atom is 0.306 e. The van der Waals surface area contributed by atoms with Gasteiger partial charge < -0.3 is 4.74 Å². The molecule has 1 spiro atoms. The van der Waals surface area contributed by atoms with E-state index < -0.39 is 0 Å². The first kappa shape index (κ1) is 10.6. The van der Waals surface area contributed by atoms with E-state index in [1.165, 1.54) is 0 Å². The van der Waals surface area contributed by atoms with Crippen LogP contribution in [-0.4, -0.2) is 30.1 Å². The summed E-state index contributed by atoms with van der Waals surface area (Å²) >= 11 is 1.91. The van der Waals surface area contributed by atoms with Crippen LogP contribution < -0.4 is 0 Å². The number of esters is 1. The highest BCUT2D eigenvalue weighted by atomic mass is 32.2. The monoisotopic (exact) mass is 227 g/mol. The van der Waals surface area contributed by atoms with E-state index in [4.69, 9.17) is 10.3 Å². The molecule has 2 heterocycles. The molecule has 2 rings (SSSR count). The molecule has 5 nitrogen and oxygen atoms in total. The zero-order valence-electron chi connectivity index (χ0n) is 8.39. The molecule has 1 atom stereocenters. The molecule has 0 amide bonds. The van der Waals surface area contributed by atoms with E-state index >= 15 is 0 Å². The molecule has 0 N–H and O–H groups in total. The molecular weight excluding hydrogens is 214 g/mol. The number of carbonyl (C=O) groups excluding carboxylic acids is 1. The summed E-state index contributed by atoms with van der Waals surface area (Å²) in [5.74, 6) is 2.01. The van der Waals surface area contributed by atoms with Crippen molar-refractivity contribution < 1.29 is 9.53 Å². The van der Waals surface area contributed by atoms with Crippen LogP contribution in [0.3, 0.4) is 0 Å². The van der Waals surface area contributed by atoms with E-state index in [2.05, 4.69) is 10.0 Å². The van der Waals surface area contributed by atoms with Crippen LogP contribution in [0.4, 0.5) is 0 Å². The Balaban J connectivity index is 2.12. The lowest BCUT2D eigenvalue weighted by molar-refractivity contribution is -0.141. The summed E-state index contributed by atoms with van der Waals surface area (Å²) in [6, 6.07) is 0. The van der Waals surface area contributed by atoms with Crippen LogP contribution in [0.2, 0.25) is 0 Å². The second-order valence-electron chi connectivity index (χ2n) is 4.04. The molecular formula is C9H13N3O2S. The highest BCUT2D eigenvalue weighted by molar-refractivity contribution is 7.99. The molecule has 0 aromatic heterocycles.